The predicted molar refractivity (Wildman–Crippen MR) is 26.9 cm³/mol. The maximum atomic E-state index is 9.97. The minimum absolute atomic E-state index is 0.0324. The Hall–Kier alpha value is -0.970. The standard InChI is InChI=1S/C3H2N2O2S/c6-3(7)2-5-4-1-8-2/h1H,(H,6,7). The molecule has 1 heterocycles. The van der Waals surface area contributed by atoms with Crippen LogP contribution in [-0.4, -0.2) is 21.3 Å². The molecule has 0 spiro atoms. The van der Waals surface area contributed by atoms with Crippen molar-refractivity contribution in [1.82, 2.24) is 10.2 Å². The number of aromatic carboxylic acids is 1. The molecule has 0 amide bonds. The zero-order valence-corrected chi connectivity index (χ0v) is 4.55. The summed E-state index contributed by atoms with van der Waals surface area (Å²) in [5, 5.41) is 14.8. The molecule has 5 heteroatoms. The zero-order chi connectivity index (χ0) is 5.98. The van der Waals surface area contributed by atoms with Crippen molar-refractivity contribution in [3.05, 3.63) is 10.5 Å². The van der Waals surface area contributed by atoms with Crippen molar-refractivity contribution in [3.63, 3.8) is 0 Å². The summed E-state index contributed by atoms with van der Waals surface area (Å²) in [5.41, 5.74) is 1.38. The van der Waals surface area contributed by atoms with Gasteiger partial charge in [0.05, 0.1) is 0 Å². The van der Waals surface area contributed by atoms with Gasteiger partial charge in [0.25, 0.3) is 0 Å². The zero-order valence-electron chi connectivity index (χ0n) is 3.74. The summed E-state index contributed by atoms with van der Waals surface area (Å²) in [6.45, 7) is 0. The molecular formula is C3H2N2O2S. The van der Waals surface area contributed by atoms with Crippen LogP contribution in [0.15, 0.2) is 5.51 Å². The SMILES string of the molecule is O=C(O)c1nncs1. The summed E-state index contributed by atoms with van der Waals surface area (Å²) in [6.07, 6.45) is 0. The Balaban J connectivity index is 2.93. The van der Waals surface area contributed by atoms with Gasteiger partial charge in [-0.1, -0.05) is 11.3 Å². The van der Waals surface area contributed by atoms with E-state index >= 15 is 0 Å². The maximum absolute atomic E-state index is 9.97. The molecule has 0 aliphatic heterocycles. The molecule has 1 aromatic rings. The molecule has 1 rings (SSSR count). The molecule has 0 unspecified atom stereocenters. The Morgan fingerprint density at radius 3 is 2.88 bits per heavy atom. The van der Waals surface area contributed by atoms with Crippen LogP contribution in [0.3, 0.4) is 0 Å². The third-order valence-electron chi connectivity index (χ3n) is 0.543. The van der Waals surface area contributed by atoms with E-state index in [1.54, 1.807) is 0 Å². The summed E-state index contributed by atoms with van der Waals surface area (Å²) in [6, 6.07) is 0. The summed E-state index contributed by atoms with van der Waals surface area (Å²) >= 11 is 1.01. The molecule has 0 fully saturated rings. The fourth-order valence-electron chi connectivity index (χ4n) is 0.266. The highest BCUT2D eigenvalue weighted by molar-refractivity contribution is 7.11. The lowest BCUT2D eigenvalue weighted by Gasteiger charge is -1.75. The van der Waals surface area contributed by atoms with Crippen LogP contribution in [-0.2, 0) is 0 Å². The molecule has 4 nitrogen and oxygen atoms in total. The van der Waals surface area contributed by atoms with Crippen molar-refractivity contribution in [1.29, 1.82) is 0 Å². The number of hydrogen-bond donors (Lipinski definition) is 1. The van der Waals surface area contributed by atoms with Gasteiger partial charge in [-0.25, -0.2) is 4.79 Å². The van der Waals surface area contributed by atoms with Crippen LogP contribution in [0, 0.1) is 0 Å². The maximum Gasteiger partial charge on any atom is 0.367 e. The van der Waals surface area contributed by atoms with Crippen molar-refractivity contribution < 1.29 is 9.90 Å². The first-order valence-corrected chi connectivity index (χ1v) is 2.68. The number of hydrogen-bond acceptors (Lipinski definition) is 4. The molecule has 0 saturated heterocycles. The van der Waals surface area contributed by atoms with Crippen LogP contribution in [0.1, 0.15) is 9.80 Å². The Kier molecular flexibility index (Phi) is 1.21. The Morgan fingerprint density at radius 2 is 2.62 bits per heavy atom. The normalized spacial score (nSPS) is 9.00. The topological polar surface area (TPSA) is 63.1 Å². The number of carbonyl (C=O) groups is 1. The monoisotopic (exact) mass is 130 g/mol. The average Bonchev–Trinajstić information content (AvgIpc) is 2.12. The van der Waals surface area contributed by atoms with E-state index in [1.807, 2.05) is 0 Å². The highest BCUT2D eigenvalue weighted by Gasteiger charge is 2.03. The Morgan fingerprint density at radius 1 is 1.88 bits per heavy atom. The molecular weight excluding hydrogens is 128 g/mol. The lowest BCUT2D eigenvalue weighted by Crippen LogP contribution is -1.93. The van der Waals surface area contributed by atoms with Crippen molar-refractivity contribution in [3.8, 4) is 0 Å². The molecule has 0 aliphatic rings. The summed E-state index contributed by atoms with van der Waals surface area (Å²) in [5.74, 6) is -1.02. The molecule has 0 atom stereocenters. The second-order valence-electron chi connectivity index (χ2n) is 1.05. The second kappa shape index (κ2) is 1.87. The van der Waals surface area contributed by atoms with E-state index in [1.165, 1.54) is 5.51 Å². The van der Waals surface area contributed by atoms with Crippen molar-refractivity contribution in [2.75, 3.05) is 0 Å². The summed E-state index contributed by atoms with van der Waals surface area (Å²) in [7, 11) is 0. The van der Waals surface area contributed by atoms with Gasteiger partial charge in [-0.3, -0.25) is 0 Å². The molecule has 0 saturated carbocycles. The largest absolute Gasteiger partial charge is 0.476 e. The molecule has 8 heavy (non-hydrogen) atoms. The van der Waals surface area contributed by atoms with Crippen LogP contribution in [0.25, 0.3) is 0 Å². The lowest BCUT2D eigenvalue weighted by molar-refractivity contribution is 0.0695. The molecule has 0 aliphatic carbocycles. The van der Waals surface area contributed by atoms with Gasteiger partial charge in [0.15, 0.2) is 0 Å². The first kappa shape index (κ1) is 5.17. The lowest BCUT2D eigenvalue weighted by atomic mass is 10.7. The van der Waals surface area contributed by atoms with Crippen molar-refractivity contribution in [2.45, 2.75) is 0 Å². The molecule has 0 aromatic carbocycles. The predicted octanol–water partition coefficient (Wildman–Crippen LogP) is 0.236. The van der Waals surface area contributed by atoms with Crippen LogP contribution in [0.2, 0.25) is 0 Å². The van der Waals surface area contributed by atoms with E-state index in [9.17, 15) is 4.79 Å². The van der Waals surface area contributed by atoms with Gasteiger partial charge >= 0.3 is 5.97 Å². The van der Waals surface area contributed by atoms with Gasteiger partial charge in [-0.05, 0) is 0 Å². The number of carboxylic acids is 1. The van der Waals surface area contributed by atoms with Crippen molar-refractivity contribution in [2.24, 2.45) is 0 Å². The Labute approximate surface area is 48.8 Å². The van der Waals surface area contributed by atoms with Crippen LogP contribution in [0.4, 0.5) is 0 Å². The minimum atomic E-state index is -1.02. The highest BCUT2D eigenvalue weighted by Crippen LogP contribution is 1.98. The molecule has 0 bridgehead atoms. The number of aromatic nitrogens is 2. The summed E-state index contributed by atoms with van der Waals surface area (Å²) in [4.78, 5) is 9.97. The van der Waals surface area contributed by atoms with Crippen molar-refractivity contribution >= 4 is 17.3 Å². The molecule has 42 valence electrons. The molecule has 0 radical (unpaired) electrons. The van der Waals surface area contributed by atoms with Crippen LogP contribution >= 0.6 is 11.3 Å². The minimum Gasteiger partial charge on any atom is -0.476 e. The van der Waals surface area contributed by atoms with Gasteiger partial charge < -0.3 is 5.11 Å². The van der Waals surface area contributed by atoms with Gasteiger partial charge in [0.2, 0.25) is 5.01 Å². The smallest absolute Gasteiger partial charge is 0.367 e. The number of nitrogens with zero attached hydrogens (tertiary/aromatic N) is 2. The van der Waals surface area contributed by atoms with Gasteiger partial charge in [-0.15, -0.1) is 10.2 Å². The fourth-order valence-corrected chi connectivity index (χ4v) is 0.655. The first-order chi connectivity index (χ1) is 3.80. The van der Waals surface area contributed by atoms with Crippen LogP contribution in [0.5, 0.6) is 0 Å². The fraction of sp³-hybridized carbons (Fsp3) is 0. The van der Waals surface area contributed by atoms with Gasteiger partial charge in [0, 0.05) is 0 Å². The summed E-state index contributed by atoms with van der Waals surface area (Å²) < 4.78 is 0. The van der Waals surface area contributed by atoms with E-state index in [0.717, 1.165) is 11.3 Å². The quantitative estimate of drug-likeness (QED) is 0.591. The van der Waals surface area contributed by atoms with E-state index < -0.39 is 5.97 Å². The van der Waals surface area contributed by atoms with Gasteiger partial charge in [-0.2, -0.15) is 0 Å². The Bertz CT molecular complexity index is 183. The van der Waals surface area contributed by atoms with E-state index in [2.05, 4.69) is 10.2 Å². The highest BCUT2D eigenvalue weighted by atomic mass is 32.1. The second-order valence-corrected chi connectivity index (χ2v) is 1.88. The third-order valence-corrected chi connectivity index (χ3v) is 1.22. The number of rotatable bonds is 1. The average molecular weight is 130 g/mol. The van der Waals surface area contributed by atoms with E-state index in [-0.39, 0.29) is 5.01 Å². The van der Waals surface area contributed by atoms with E-state index in [4.69, 9.17) is 5.11 Å². The molecule has 1 aromatic heterocycles. The number of carboxylic acid groups (broad SMARTS) is 1. The van der Waals surface area contributed by atoms with Crippen LogP contribution < -0.4 is 0 Å². The van der Waals surface area contributed by atoms with Gasteiger partial charge in [0.1, 0.15) is 5.51 Å². The third kappa shape index (κ3) is 0.812. The molecule has 1 N–H and O–H groups in total. The first-order valence-electron chi connectivity index (χ1n) is 1.80. The van der Waals surface area contributed by atoms with E-state index in [0.29, 0.717) is 0 Å².